The molecule has 5 rings (SSSR count). The fourth-order valence-electron chi connectivity index (χ4n) is 5.16. The number of hydrogen-bond acceptors (Lipinski definition) is 6. The van der Waals surface area contributed by atoms with Crippen molar-refractivity contribution in [3.05, 3.63) is 41.0 Å². The minimum atomic E-state index is -0.369. The van der Waals surface area contributed by atoms with Gasteiger partial charge in [0, 0.05) is 37.7 Å². The molecule has 0 saturated carbocycles. The zero-order valence-electron chi connectivity index (χ0n) is 17.8. The normalized spacial score (nSPS) is 17.4. The topological polar surface area (TPSA) is 134 Å². The van der Waals surface area contributed by atoms with Crippen molar-refractivity contribution >= 4 is 34.3 Å². The van der Waals surface area contributed by atoms with Crippen LogP contribution in [0.2, 0.25) is 0 Å². The summed E-state index contributed by atoms with van der Waals surface area (Å²) in [6.45, 7) is 2.73. The summed E-state index contributed by atoms with van der Waals surface area (Å²) in [4.78, 5) is 32.4. The van der Waals surface area contributed by atoms with Crippen LogP contribution in [0.15, 0.2) is 24.3 Å². The van der Waals surface area contributed by atoms with Gasteiger partial charge in [-0.15, -0.1) is 0 Å². The van der Waals surface area contributed by atoms with Crippen LogP contribution in [0.25, 0.3) is 16.7 Å². The Morgan fingerprint density at radius 1 is 1.12 bits per heavy atom. The van der Waals surface area contributed by atoms with Crippen LogP contribution in [0, 0.1) is 17.2 Å². The van der Waals surface area contributed by atoms with E-state index in [-0.39, 0.29) is 24.3 Å². The molecular formula is C23H25N7O2. The molecule has 2 aromatic heterocycles. The number of hydrogen-bond donors (Lipinski definition) is 2. The first-order valence-electron chi connectivity index (χ1n) is 10.9. The highest BCUT2D eigenvalue weighted by molar-refractivity contribution is 5.87. The van der Waals surface area contributed by atoms with E-state index in [1.165, 1.54) is 0 Å². The van der Waals surface area contributed by atoms with Crippen molar-refractivity contribution < 1.29 is 9.59 Å². The number of pyridine rings is 1. The maximum absolute atomic E-state index is 11.7. The number of fused-ring (bicyclic) bond motifs is 4. The summed E-state index contributed by atoms with van der Waals surface area (Å²) in [5.74, 6) is 0.242. The lowest BCUT2D eigenvalue weighted by Crippen LogP contribution is -2.42. The number of nitrogens with zero attached hydrogens (tertiary/aromatic N) is 5. The predicted molar refractivity (Wildman–Crippen MR) is 120 cm³/mol. The lowest BCUT2D eigenvalue weighted by Gasteiger charge is -2.37. The molecule has 4 heterocycles. The van der Waals surface area contributed by atoms with E-state index >= 15 is 0 Å². The van der Waals surface area contributed by atoms with Crippen LogP contribution >= 0.6 is 0 Å². The minimum Gasteiger partial charge on any atom is -0.369 e. The van der Waals surface area contributed by atoms with Crippen LogP contribution < -0.4 is 16.4 Å². The molecule has 2 aliphatic heterocycles. The largest absolute Gasteiger partial charge is 0.369 e. The second-order valence-corrected chi connectivity index (χ2v) is 8.62. The molecule has 2 amide bonds. The highest BCUT2D eigenvalue weighted by Crippen LogP contribution is 2.37. The molecule has 0 spiro atoms. The van der Waals surface area contributed by atoms with Crippen molar-refractivity contribution in [3.63, 3.8) is 0 Å². The van der Waals surface area contributed by atoms with Gasteiger partial charge in [-0.05, 0) is 37.0 Å². The zero-order chi connectivity index (χ0) is 22.4. The van der Waals surface area contributed by atoms with Crippen molar-refractivity contribution in [1.29, 1.82) is 5.26 Å². The fourth-order valence-corrected chi connectivity index (χ4v) is 5.16. The second kappa shape index (κ2) is 7.80. The smallest absolute Gasteiger partial charge is 0.231 e. The van der Waals surface area contributed by atoms with Crippen LogP contribution in [0.3, 0.4) is 0 Å². The first-order chi connectivity index (χ1) is 15.5. The molecule has 0 aliphatic carbocycles. The van der Waals surface area contributed by atoms with E-state index in [4.69, 9.17) is 16.5 Å². The SMILES string of the molecule is N#Cc1c2c(c(N3CCC(C(N)=O)CC3)n3c1nc1ccccc13)CN(CC(N)=O)CC2. The molecule has 1 saturated heterocycles. The number of nitriles is 1. The molecule has 0 atom stereocenters. The molecule has 0 bridgehead atoms. The summed E-state index contributed by atoms with van der Waals surface area (Å²) in [6.07, 6.45) is 2.02. The molecule has 9 heteroatoms. The fraction of sp³-hybridized carbons (Fsp3) is 0.391. The first-order valence-corrected chi connectivity index (χ1v) is 10.9. The minimum absolute atomic E-state index is 0.123. The number of benzene rings is 1. The van der Waals surface area contributed by atoms with Gasteiger partial charge in [0.25, 0.3) is 0 Å². The maximum atomic E-state index is 11.7. The van der Waals surface area contributed by atoms with E-state index < -0.39 is 0 Å². The molecule has 2 aliphatic rings. The number of carbonyl (C=O) groups excluding carboxylic acids is 2. The van der Waals surface area contributed by atoms with Crippen LogP contribution in [0.5, 0.6) is 0 Å². The lowest BCUT2D eigenvalue weighted by molar-refractivity contribution is -0.122. The van der Waals surface area contributed by atoms with Gasteiger partial charge in [-0.3, -0.25) is 18.9 Å². The van der Waals surface area contributed by atoms with Gasteiger partial charge < -0.3 is 16.4 Å². The molecule has 1 aromatic carbocycles. The summed E-state index contributed by atoms with van der Waals surface area (Å²) < 4.78 is 2.07. The standard InChI is InChI=1S/C23H25N7O2/c24-11-16-15-7-8-28(13-20(25)31)12-17(15)23(29-9-5-14(6-10-29)21(26)32)30-19-4-2-1-3-18(19)27-22(16)30/h1-4,14H,5-10,12-13H2,(H2,25,31)(H2,26,32). The Kier molecular flexibility index (Phi) is 4.94. The van der Waals surface area contributed by atoms with Crippen molar-refractivity contribution in [1.82, 2.24) is 14.3 Å². The van der Waals surface area contributed by atoms with Crippen molar-refractivity contribution in [2.45, 2.75) is 25.8 Å². The van der Waals surface area contributed by atoms with Gasteiger partial charge in [-0.25, -0.2) is 4.98 Å². The van der Waals surface area contributed by atoms with Gasteiger partial charge in [0.05, 0.1) is 23.1 Å². The number of piperidine rings is 1. The van der Waals surface area contributed by atoms with Gasteiger partial charge in [0.15, 0.2) is 5.65 Å². The van der Waals surface area contributed by atoms with Crippen LogP contribution in [-0.2, 0) is 22.6 Å². The maximum Gasteiger partial charge on any atom is 0.231 e. The predicted octanol–water partition coefficient (Wildman–Crippen LogP) is 0.904. The molecule has 0 unspecified atom stereocenters. The monoisotopic (exact) mass is 431 g/mol. The van der Waals surface area contributed by atoms with Crippen molar-refractivity contribution in [2.75, 3.05) is 31.1 Å². The van der Waals surface area contributed by atoms with E-state index in [0.29, 0.717) is 56.7 Å². The average Bonchev–Trinajstić information content (AvgIpc) is 3.16. The number of imidazole rings is 1. The molecule has 0 radical (unpaired) electrons. The Morgan fingerprint density at radius 3 is 2.56 bits per heavy atom. The van der Waals surface area contributed by atoms with Crippen molar-refractivity contribution in [3.8, 4) is 6.07 Å². The van der Waals surface area contributed by atoms with E-state index in [2.05, 4.69) is 15.4 Å². The molecular weight excluding hydrogens is 406 g/mol. The third-order valence-electron chi connectivity index (χ3n) is 6.68. The number of aromatic nitrogens is 2. The molecule has 1 fully saturated rings. The summed E-state index contributed by atoms with van der Waals surface area (Å²) >= 11 is 0. The van der Waals surface area contributed by atoms with Crippen LogP contribution in [0.1, 0.15) is 29.5 Å². The highest BCUT2D eigenvalue weighted by atomic mass is 16.1. The van der Waals surface area contributed by atoms with Gasteiger partial charge >= 0.3 is 0 Å². The van der Waals surface area contributed by atoms with E-state index in [1.807, 2.05) is 29.2 Å². The average molecular weight is 432 g/mol. The molecule has 32 heavy (non-hydrogen) atoms. The van der Waals surface area contributed by atoms with E-state index in [1.54, 1.807) is 0 Å². The third kappa shape index (κ3) is 3.24. The number of rotatable bonds is 4. The van der Waals surface area contributed by atoms with Gasteiger partial charge in [0.1, 0.15) is 11.9 Å². The number of para-hydroxylation sites is 2. The number of nitrogens with two attached hydrogens (primary N) is 2. The number of anilines is 1. The molecule has 9 nitrogen and oxygen atoms in total. The summed E-state index contributed by atoms with van der Waals surface area (Å²) in [5, 5.41) is 10.1. The molecule has 164 valence electrons. The Balaban J connectivity index is 1.73. The van der Waals surface area contributed by atoms with Crippen LogP contribution in [-0.4, -0.2) is 52.3 Å². The van der Waals surface area contributed by atoms with E-state index in [9.17, 15) is 14.9 Å². The number of carbonyl (C=O) groups is 2. The Morgan fingerprint density at radius 2 is 1.88 bits per heavy atom. The summed E-state index contributed by atoms with van der Waals surface area (Å²) in [5.41, 5.74) is 16.0. The van der Waals surface area contributed by atoms with Gasteiger partial charge in [-0.1, -0.05) is 12.1 Å². The molecule has 3 aromatic rings. The number of amides is 2. The van der Waals surface area contributed by atoms with E-state index in [0.717, 1.165) is 28.0 Å². The summed E-state index contributed by atoms with van der Waals surface area (Å²) in [7, 11) is 0. The quantitative estimate of drug-likeness (QED) is 0.630. The van der Waals surface area contributed by atoms with Crippen molar-refractivity contribution in [2.24, 2.45) is 17.4 Å². The summed E-state index contributed by atoms with van der Waals surface area (Å²) in [6, 6.07) is 10.3. The van der Waals surface area contributed by atoms with Gasteiger partial charge in [0.2, 0.25) is 11.8 Å². The Bertz CT molecular complexity index is 1280. The zero-order valence-corrected chi connectivity index (χ0v) is 17.8. The second-order valence-electron chi connectivity index (χ2n) is 8.62. The van der Waals surface area contributed by atoms with Crippen LogP contribution in [0.4, 0.5) is 5.82 Å². The van der Waals surface area contributed by atoms with Gasteiger partial charge in [-0.2, -0.15) is 5.26 Å². The highest BCUT2D eigenvalue weighted by Gasteiger charge is 2.32. The Labute approximate surface area is 185 Å². The Hall–Kier alpha value is -3.64. The number of primary amides is 2. The third-order valence-corrected chi connectivity index (χ3v) is 6.68. The molecule has 4 N–H and O–H groups in total. The lowest BCUT2D eigenvalue weighted by atomic mass is 9.93. The first kappa shape index (κ1) is 20.3.